The number of urea groups is 1. The number of aliphatic carboxylic acids is 1. The number of primary amides is 1. The summed E-state index contributed by atoms with van der Waals surface area (Å²) in [5.41, 5.74) is 6.39. The molecule has 0 fully saturated rings. The molecule has 1 unspecified atom stereocenters. The van der Waals surface area contributed by atoms with Gasteiger partial charge in [0, 0.05) is 22.5 Å². The van der Waals surface area contributed by atoms with Crippen molar-refractivity contribution in [3.63, 3.8) is 0 Å². The van der Waals surface area contributed by atoms with Crippen molar-refractivity contribution in [3.05, 3.63) is 40.4 Å². The van der Waals surface area contributed by atoms with Gasteiger partial charge in [0.1, 0.15) is 11.0 Å². The van der Waals surface area contributed by atoms with Crippen LogP contribution in [0.4, 0.5) is 4.79 Å². The van der Waals surface area contributed by atoms with Gasteiger partial charge in [-0.15, -0.1) is 11.3 Å². The zero-order chi connectivity index (χ0) is 19.8. The Morgan fingerprint density at radius 1 is 1.26 bits per heavy atom. The highest BCUT2D eigenvalue weighted by molar-refractivity contribution is 7.13. The lowest BCUT2D eigenvalue weighted by molar-refractivity contribution is -0.141. The van der Waals surface area contributed by atoms with Gasteiger partial charge in [-0.1, -0.05) is 23.7 Å². The minimum absolute atomic E-state index is 0.0204. The fraction of sp³-hybridized carbons (Fsp3) is 0.294. The maximum atomic E-state index is 12.1. The molecule has 0 radical (unpaired) electrons. The van der Waals surface area contributed by atoms with Gasteiger partial charge in [0.2, 0.25) is 5.91 Å². The van der Waals surface area contributed by atoms with E-state index in [9.17, 15) is 19.5 Å². The second-order valence-corrected chi connectivity index (χ2v) is 7.01. The van der Waals surface area contributed by atoms with Crippen molar-refractivity contribution in [2.24, 2.45) is 5.73 Å². The first kappa shape index (κ1) is 20.7. The summed E-state index contributed by atoms with van der Waals surface area (Å²) in [4.78, 5) is 38.4. The van der Waals surface area contributed by atoms with E-state index in [2.05, 4.69) is 15.6 Å². The van der Waals surface area contributed by atoms with Gasteiger partial charge in [0.15, 0.2) is 0 Å². The number of nitrogens with zero attached hydrogens (tertiary/aromatic N) is 1. The molecule has 2 rings (SSSR count). The van der Waals surface area contributed by atoms with Gasteiger partial charge in [-0.25, -0.2) is 14.6 Å². The van der Waals surface area contributed by atoms with Gasteiger partial charge < -0.3 is 21.5 Å². The normalized spacial score (nSPS) is 11.6. The number of amides is 3. The Morgan fingerprint density at radius 3 is 2.59 bits per heavy atom. The van der Waals surface area contributed by atoms with Crippen molar-refractivity contribution in [3.8, 4) is 10.6 Å². The summed E-state index contributed by atoms with van der Waals surface area (Å²) >= 11 is 7.26. The molecule has 5 N–H and O–H groups in total. The molecule has 0 aliphatic carbocycles. The second-order valence-electron chi connectivity index (χ2n) is 5.72. The summed E-state index contributed by atoms with van der Waals surface area (Å²) in [6.07, 6.45) is 0.527. The molecule has 3 amide bonds. The summed E-state index contributed by atoms with van der Waals surface area (Å²) in [6, 6.07) is 5.48. The fourth-order valence-corrected chi connectivity index (χ4v) is 3.25. The number of nitrogens with two attached hydrogens (primary N) is 1. The van der Waals surface area contributed by atoms with Gasteiger partial charge in [0.05, 0.1) is 12.1 Å². The monoisotopic (exact) mass is 410 g/mol. The molecule has 0 aliphatic heterocycles. The van der Waals surface area contributed by atoms with Crippen LogP contribution in [0.3, 0.4) is 0 Å². The van der Waals surface area contributed by atoms with Crippen LogP contribution in [-0.4, -0.2) is 40.6 Å². The number of nitrogens with one attached hydrogen (secondary N) is 2. The fourth-order valence-electron chi connectivity index (χ4n) is 2.30. The summed E-state index contributed by atoms with van der Waals surface area (Å²) in [5.74, 6) is -1.57. The molecule has 1 atom stereocenters. The third kappa shape index (κ3) is 6.87. The molecule has 0 saturated heterocycles. The van der Waals surface area contributed by atoms with Crippen LogP contribution in [0, 0.1) is 0 Å². The van der Waals surface area contributed by atoms with Gasteiger partial charge in [-0.2, -0.15) is 0 Å². The van der Waals surface area contributed by atoms with Crippen LogP contribution in [0.5, 0.6) is 0 Å². The Hall–Kier alpha value is -2.65. The molecule has 0 aliphatic rings. The summed E-state index contributed by atoms with van der Waals surface area (Å²) in [7, 11) is 0. The number of rotatable bonds is 9. The molecule has 10 heteroatoms. The Labute approximate surface area is 164 Å². The lowest BCUT2D eigenvalue weighted by Crippen LogP contribution is -2.42. The lowest BCUT2D eigenvalue weighted by Gasteiger charge is -2.14. The first-order valence-electron chi connectivity index (χ1n) is 8.11. The summed E-state index contributed by atoms with van der Waals surface area (Å²) in [6.45, 7) is 0.242. The highest BCUT2D eigenvalue weighted by Gasteiger charge is 2.20. The second kappa shape index (κ2) is 9.89. The van der Waals surface area contributed by atoms with Gasteiger partial charge in [0.25, 0.3) is 0 Å². The first-order valence-corrected chi connectivity index (χ1v) is 9.36. The highest BCUT2D eigenvalue weighted by Crippen LogP contribution is 2.25. The van der Waals surface area contributed by atoms with E-state index in [-0.39, 0.29) is 19.4 Å². The average Bonchev–Trinajstić information content (AvgIpc) is 3.06. The molecule has 27 heavy (non-hydrogen) atoms. The molecule has 1 heterocycles. The predicted molar refractivity (Wildman–Crippen MR) is 103 cm³/mol. The van der Waals surface area contributed by atoms with Crippen molar-refractivity contribution in [1.82, 2.24) is 15.6 Å². The molecule has 8 nitrogen and oxygen atoms in total. The smallest absolute Gasteiger partial charge is 0.326 e. The summed E-state index contributed by atoms with van der Waals surface area (Å²) < 4.78 is 0. The number of benzene rings is 1. The van der Waals surface area contributed by atoms with Crippen LogP contribution in [0.2, 0.25) is 5.02 Å². The minimum Gasteiger partial charge on any atom is -0.480 e. The minimum atomic E-state index is -1.14. The molecule has 1 aromatic carbocycles. The largest absolute Gasteiger partial charge is 0.480 e. The Kier molecular flexibility index (Phi) is 7.56. The molecule has 2 aromatic rings. The van der Waals surface area contributed by atoms with Gasteiger partial charge in [-0.05, 0) is 25.0 Å². The van der Waals surface area contributed by atoms with Crippen LogP contribution in [0.15, 0.2) is 29.6 Å². The van der Waals surface area contributed by atoms with Crippen molar-refractivity contribution < 1.29 is 19.5 Å². The zero-order valence-electron chi connectivity index (χ0n) is 14.3. The van der Waals surface area contributed by atoms with E-state index in [1.165, 1.54) is 11.3 Å². The van der Waals surface area contributed by atoms with Crippen LogP contribution >= 0.6 is 22.9 Å². The topological polar surface area (TPSA) is 134 Å². The number of hydrogen-bond acceptors (Lipinski definition) is 5. The van der Waals surface area contributed by atoms with E-state index in [1.807, 2.05) is 12.1 Å². The number of carboxylic acid groups (broad SMARTS) is 1. The first-order chi connectivity index (χ1) is 12.8. The van der Waals surface area contributed by atoms with E-state index in [4.69, 9.17) is 17.3 Å². The molecule has 0 saturated carbocycles. The summed E-state index contributed by atoms with van der Waals surface area (Å²) in [5, 5.41) is 17.2. The molecular weight excluding hydrogens is 392 g/mol. The predicted octanol–water partition coefficient (Wildman–Crippen LogP) is 2.02. The maximum Gasteiger partial charge on any atom is 0.326 e. The number of aromatic nitrogens is 1. The standard InChI is InChI=1S/C17H19ClN4O4S/c18-11-5-3-10(4-6-11)15-21-12(9-27-15)8-14(23)22-13(16(24)25)2-1-7-20-17(19)26/h3-6,9,13H,1-2,7-8H2,(H,22,23)(H,24,25)(H3,19,20,26). The third-order valence-corrected chi connectivity index (χ3v) is 4.78. The third-order valence-electron chi connectivity index (χ3n) is 3.59. The van der Waals surface area contributed by atoms with E-state index >= 15 is 0 Å². The average molecular weight is 411 g/mol. The van der Waals surface area contributed by atoms with E-state index < -0.39 is 23.9 Å². The number of thiazole rings is 1. The van der Waals surface area contributed by atoms with Crippen molar-refractivity contribution in [2.75, 3.05) is 6.54 Å². The Morgan fingerprint density at radius 2 is 1.96 bits per heavy atom. The van der Waals surface area contributed by atoms with Crippen LogP contribution in [0.1, 0.15) is 18.5 Å². The van der Waals surface area contributed by atoms with Crippen molar-refractivity contribution >= 4 is 40.8 Å². The van der Waals surface area contributed by atoms with E-state index in [0.29, 0.717) is 17.1 Å². The molecular formula is C17H19ClN4O4S. The van der Waals surface area contributed by atoms with E-state index in [0.717, 1.165) is 10.6 Å². The van der Waals surface area contributed by atoms with E-state index in [1.54, 1.807) is 17.5 Å². The lowest BCUT2D eigenvalue weighted by atomic mass is 10.1. The zero-order valence-corrected chi connectivity index (χ0v) is 15.8. The molecule has 1 aromatic heterocycles. The van der Waals surface area contributed by atoms with Gasteiger partial charge >= 0.3 is 12.0 Å². The number of hydrogen-bond donors (Lipinski definition) is 4. The van der Waals surface area contributed by atoms with Crippen molar-refractivity contribution in [1.29, 1.82) is 0 Å². The van der Waals surface area contributed by atoms with Crippen LogP contribution in [-0.2, 0) is 16.0 Å². The van der Waals surface area contributed by atoms with Crippen LogP contribution in [0.25, 0.3) is 10.6 Å². The number of carbonyl (C=O) groups is 3. The molecule has 0 bridgehead atoms. The van der Waals surface area contributed by atoms with Crippen LogP contribution < -0.4 is 16.4 Å². The number of halogens is 1. The maximum absolute atomic E-state index is 12.1. The SMILES string of the molecule is NC(=O)NCCCC(NC(=O)Cc1csc(-c2ccc(Cl)cc2)n1)C(=O)O. The molecule has 144 valence electrons. The number of carbonyl (C=O) groups excluding carboxylic acids is 2. The Balaban J connectivity index is 1.88. The quantitative estimate of drug-likeness (QED) is 0.469. The highest BCUT2D eigenvalue weighted by atomic mass is 35.5. The van der Waals surface area contributed by atoms with Gasteiger partial charge in [-0.3, -0.25) is 4.79 Å². The molecule has 0 spiro atoms. The van der Waals surface area contributed by atoms with Crippen molar-refractivity contribution in [2.45, 2.75) is 25.3 Å². The number of carboxylic acids is 1. The Bertz CT molecular complexity index is 810.